The van der Waals surface area contributed by atoms with E-state index in [0.29, 0.717) is 18.9 Å². The smallest absolute Gasteiger partial charge is 0.224 e. The minimum absolute atomic E-state index is 0.125. The highest BCUT2D eigenvalue weighted by atomic mass is 16.1. The number of amides is 1. The van der Waals surface area contributed by atoms with E-state index in [1.165, 1.54) is 18.4 Å². The predicted octanol–water partition coefficient (Wildman–Crippen LogP) is 2.17. The van der Waals surface area contributed by atoms with Crippen LogP contribution >= 0.6 is 0 Å². The summed E-state index contributed by atoms with van der Waals surface area (Å²) in [7, 11) is 0. The van der Waals surface area contributed by atoms with Crippen LogP contribution in [0.15, 0.2) is 24.3 Å². The van der Waals surface area contributed by atoms with E-state index >= 15 is 0 Å². The third-order valence-electron chi connectivity index (χ3n) is 4.17. The molecule has 3 nitrogen and oxygen atoms in total. The van der Waals surface area contributed by atoms with E-state index in [-0.39, 0.29) is 11.9 Å². The summed E-state index contributed by atoms with van der Waals surface area (Å²) < 4.78 is 0. The summed E-state index contributed by atoms with van der Waals surface area (Å²) in [5, 5.41) is 3.18. The van der Waals surface area contributed by atoms with Gasteiger partial charge >= 0.3 is 0 Å². The van der Waals surface area contributed by atoms with E-state index in [1.807, 2.05) is 31.2 Å². The van der Waals surface area contributed by atoms with Gasteiger partial charge in [0.15, 0.2) is 0 Å². The van der Waals surface area contributed by atoms with Crippen molar-refractivity contribution in [3.05, 3.63) is 35.4 Å². The van der Waals surface area contributed by atoms with Crippen molar-refractivity contribution >= 4 is 5.91 Å². The van der Waals surface area contributed by atoms with Gasteiger partial charge < -0.3 is 11.1 Å². The molecule has 2 unspecified atom stereocenters. The Balaban J connectivity index is 1.92. The van der Waals surface area contributed by atoms with E-state index in [9.17, 15) is 4.79 Å². The van der Waals surface area contributed by atoms with Gasteiger partial charge in [0, 0.05) is 6.04 Å². The second-order valence-corrected chi connectivity index (χ2v) is 5.56. The summed E-state index contributed by atoms with van der Waals surface area (Å²) in [5.41, 5.74) is 8.08. The number of aryl methyl sites for hydroxylation is 1. The summed E-state index contributed by atoms with van der Waals surface area (Å²) in [6.45, 7) is 2.72. The average Bonchev–Trinajstić information content (AvgIpc) is 2.42. The van der Waals surface area contributed by atoms with Gasteiger partial charge in [-0.1, -0.05) is 37.1 Å². The number of hydrogen-bond donors (Lipinski definition) is 2. The Morgan fingerprint density at radius 3 is 2.79 bits per heavy atom. The van der Waals surface area contributed by atoms with Gasteiger partial charge in [-0.2, -0.15) is 0 Å². The zero-order chi connectivity index (χ0) is 13.7. The summed E-state index contributed by atoms with van der Waals surface area (Å²) >= 11 is 0. The molecule has 1 aromatic carbocycles. The Morgan fingerprint density at radius 2 is 2.05 bits per heavy atom. The zero-order valence-electron chi connectivity index (χ0n) is 11.7. The van der Waals surface area contributed by atoms with E-state index in [2.05, 4.69) is 5.32 Å². The Kier molecular flexibility index (Phi) is 4.97. The molecule has 2 rings (SSSR count). The maximum Gasteiger partial charge on any atom is 0.224 e. The molecular formula is C16H24N2O. The third-order valence-corrected chi connectivity index (χ3v) is 4.17. The number of benzene rings is 1. The number of nitrogens with two attached hydrogens (primary N) is 1. The molecule has 3 N–H and O–H groups in total. The van der Waals surface area contributed by atoms with Crippen LogP contribution in [0.5, 0.6) is 0 Å². The van der Waals surface area contributed by atoms with E-state index < -0.39 is 0 Å². The first-order chi connectivity index (χ1) is 9.20. The molecule has 0 spiro atoms. The molecule has 1 aliphatic rings. The molecule has 0 aliphatic heterocycles. The van der Waals surface area contributed by atoms with Crippen molar-refractivity contribution in [1.29, 1.82) is 0 Å². The Morgan fingerprint density at radius 1 is 1.32 bits per heavy atom. The molecule has 1 fully saturated rings. The zero-order valence-corrected chi connectivity index (χ0v) is 11.7. The van der Waals surface area contributed by atoms with Gasteiger partial charge in [-0.15, -0.1) is 0 Å². The van der Waals surface area contributed by atoms with E-state index in [1.54, 1.807) is 0 Å². The van der Waals surface area contributed by atoms with Crippen LogP contribution in [0.4, 0.5) is 0 Å². The van der Waals surface area contributed by atoms with E-state index in [0.717, 1.165) is 18.4 Å². The third kappa shape index (κ3) is 3.80. The normalized spacial score (nSPS) is 23.1. The number of nitrogens with one attached hydrogen (secondary N) is 1. The lowest BCUT2D eigenvalue weighted by Crippen LogP contribution is -2.45. The first-order valence-electron chi connectivity index (χ1n) is 7.24. The fourth-order valence-corrected chi connectivity index (χ4v) is 2.92. The molecule has 0 radical (unpaired) electrons. The van der Waals surface area contributed by atoms with Crippen LogP contribution in [-0.4, -0.2) is 18.5 Å². The molecule has 104 valence electrons. The van der Waals surface area contributed by atoms with Crippen LogP contribution in [-0.2, 0) is 11.2 Å². The van der Waals surface area contributed by atoms with Crippen molar-refractivity contribution in [1.82, 2.24) is 5.32 Å². The van der Waals surface area contributed by atoms with Crippen molar-refractivity contribution in [3.8, 4) is 0 Å². The van der Waals surface area contributed by atoms with Crippen LogP contribution < -0.4 is 11.1 Å². The van der Waals surface area contributed by atoms with Crippen molar-refractivity contribution in [2.75, 3.05) is 6.54 Å². The molecule has 0 bridgehead atoms. The maximum absolute atomic E-state index is 12.1. The molecule has 2 atom stereocenters. The summed E-state index contributed by atoms with van der Waals surface area (Å²) in [5.74, 6) is 0.578. The number of rotatable bonds is 4. The monoisotopic (exact) mass is 260 g/mol. The minimum Gasteiger partial charge on any atom is -0.353 e. The van der Waals surface area contributed by atoms with Gasteiger partial charge in [0.25, 0.3) is 0 Å². The average molecular weight is 260 g/mol. The quantitative estimate of drug-likeness (QED) is 0.871. The summed E-state index contributed by atoms with van der Waals surface area (Å²) in [4.78, 5) is 12.1. The Hall–Kier alpha value is -1.35. The molecule has 1 saturated carbocycles. The molecule has 0 heterocycles. The topological polar surface area (TPSA) is 55.1 Å². The van der Waals surface area contributed by atoms with Gasteiger partial charge in [-0.25, -0.2) is 0 Å². The van der Waals surface area contributed by atoms with Crippen LogP contribution in [0, 0.1) is 12.8 Å². The van der Waals surface area contributed by atoms with Crippen molar-refractivity contribution in [2.45, 2.75) is 45.1 Å². The van der Waals surface area contributed by atoms with Gasteiger partial charge in [-0.05, 0) is 43.4 Å². The summed E-state index contributed by atoms with van der Waals surface area (Å²) in [6, 6.07) is 8.33. The van der Waals surface area contributed by atoms with Crippen molar-refractivity contribution in [3.63, 3.8) is 0 Å². The first kappa shape index (κ1) is 14.1. The van der Waals surface area contributed by atoms with Crippen LogP contribution in [0.2, 0.25) is 0 Å². The van der Waals surface area contributed by atoms with Gasteiger partial charge in [0.05, 0.1) is 6.42 Å². The second-order valence-electron chi connectivity index (χ2n) is 5.56. The van der Waals surface area contributed by atoms with Crippen molar-refractivity contribution in [2.24, 2.45) is 11.7 Å². The molecule has 1 aromatic rings. The molecule has 0 aromatic heterocycles. The molecule has 3 heteroatoms. The lowest BCUT2D eigenvalue weighted by atomic mass is 9.84. The Labute approximate surface area is 115 Å². The predicted molar refractivity (Wildman–Crippen MR) is 77.8 cm³/mol. The number of carbonyl (C=O) groups is 1. The largest absolute Gasteiger partial charge is 0.353 e. The number of carbonyl (C=O) groups excluding carboxylic acids is 1. The Bertz CT molecular complexity index is 431. The minimum atomic E-state index is 0.125. The fraction of sp³-hybridized carbons (Fsp3) is 0.562. The molecule has 1 amide bonds. The van der Waals surface area contributed by atoms with Crippen molar-refractivity contribution < 1.29 is 4.79 Å². The highest BCUT2D eigenvalue weighted by Gasteiger charge is 2.25. The molecular weight excluding hydrogens is 236 g/mol. The van der Waals surface area contributed by atoms with Crippen LogP contribution in [0.1, 0.15) is 36.8 Å². The second kappa shape index (κ2) is 6.71. The van der Waals surface area contributed by atoms with Crippen LogP contribution in [0.25, 0.3) is 0 Å². The molecule has 0 saturated heterocycles. The fourth-order valence-electron chi connectivity index (χ4n) is 2.92. The lowest BCUT2D eigenvalue weighted by Gasteiger charge is -2.31. The SMILES string of the molecule is Cc1ccccc1CC(=O)NC1CCCCC1CN. The summed E-state index contributed by atoms with van der Waals surface area (Å²) in [6.07, 6.45) is 5.13. The van der Waals surface area contributed by atoms with Gasteiger partial charge in [-0.3, -0.25) is 4.79 Å². The molecule has 1 aliphatic carbocycles. The van der Waals surface area contributed by atoms with Gasteiger partial charge in [0.2, 0.25) is 5.91 Å². The maximum atomic E-state index is 12.1. The van der Waals surface area contributed by atoms with E-state index in [4.69, 9.17) is 5.73 Å². The van der Waals surface area contributed by atoms with Crippen LogP contribution in [0.3, 0.4) is 0 Å². The standard InChI is InChI=1S/C16H24N2O/c1-12-6-2-3-7-13(12)10-16(19)18-15-9-5-4-8-14(15)11-17/h2-3,6-7,14-15H,4-5,8-11,17H2,1H3,(H,18,19). The molecule has 19 heavy (non-hydrogen) atoms. The number of hydrogen-bond acceptors (Lipinski definition) is 2. The highest BCUT2D eigenvalue weighted by Crippen LogP contribution is 2.23. The lowest BCUT2D eigenvalue weighted by molar-refractivity contribution is -0.121. The first-order valence-corrected chi connectivity index (χ1v) is 7.24. The highest BCUT2D eigenvalue weighted by molar-refractivity contribution is 5.79. The van der Waals surface area contributed by atoms with Gasteiger partial charge in [0.1, 0.15) is 0 Å².